The fourth-order valence-electron chi connectivity index (χ4n) is 5.03. The molecular weight excluding hydrogens is 488 g/mol. The van der Waals surface area contributed by atoms with Crippen LogP contribution in [0.3, 0.4) is 0 Å². The molecule has 0 radical (unpaired) electrons. The number of nitrogens with zero attached hydrogens (tertiary/aromatic N) is 6. The molecule has 0 unspecified atom stereocenters. The molecule has 1 saturated heterocycles. The van der Waals surface area contributed by atoms with Crippen molar-refractivity contribution in [1.29, 1.82) is 0 Å². The van der Waals surface area contributed by atoms with Gasteiger partial charge in [0.2, 0.25) is 0 Å². The van der Waals surface area contributed by atoms with E-state index in [4.69, 9.17) is 16.3 Å². The van der Waals surface area contributed by atoms with Gasteiger partial charge in [0.1, 0.15) is 5.75 Å². The van der Waals surface area contributed by atoms with Crippen LogP contribution in [-0.2, 0) is 7.05 Å². The van der Waals surface area contributed by atoms with Gasteiger partial charge >= 0.3 is 5.69 Å². The maximum Gasteiger partial charge on any atom is 0.333 e. The van der Waals surface area contributed by atoms with Crippen molar-refractivity contribution in [2.45, 2.75) is 0 Å². The van der Waals surface area contributed by atoms with Crippen LogP contribution in [0.4, 0.5) is 5.69 Å². The average Bonchev–Trinajstić information content (AvgIpc) is 3.18. The first-order chi connectivity index (χ1) is 17.9. The van der Waals surface area contributed by atoms with Gasteiger partial charge in [0.05, 0.1) is 46.8 Å². The van der Waals surface area contributed by atoms with Crippen LogP contribution in [0.25, 0.3) is 38.8 Å². The lowest BCUT2D eigenvalue weighted by atomic mass is 10.0. The lowest BCUT2D eigenvalue weighted by Gasteiger charge is -2.34. The van der Waals surface area contributed by atoms with Crippen LogP contribution in [0.1, 0.15) is 0 Å². The highest BCUT2D eigenvalue weighted by Gasteiger charge is 2.20. The molecule has 1 fully saturated rings. The molecular formula is C28H27ClN6O2. The van der Waals surface area contributed by atoms with E-state index in [9.17, 15) is 4.79 Å². The summed E-state index contributed by atoms with van der Waals surface area (Å²) >= 11 is 6.86. The van der Waals surface area contributed by atoms with Crippen molar-refractivity contribution >= 4 is 39.2 Å². The van der Waals surface area contributed by atoms with Crippen LogP contribution in [-0.4, -0.2) is 64.3 Å². The van der Waals surface area contributed by atoms with E-state index >= 15 is 0 Å². The molecule has 1 aliphatic rings. The van der Waals surface area contributed by atoms with Gasteiger partial charge < -0.3 is 14.5 Å². The molecule has 5 aromatic rings. The third-order valence-electron chi connectivity index (χ3n) is 7.21. The number of methoxy groups -OCH3 is 1. The molecule has 188 valence electrons. The van der Waals surface area contributed by atoms with Crippen molar-refractivity contribution in [2.24, 2.45) is 7.05 Å². The van der Waals surface area contributed by atoms with Gasteiger partial charge in [-0.2, -0.15) is 0 Å². The molecule has 8 nitrogen and oxygen atoms in total. The van der Waals surface area contributed by atoms with E-state index in [0.717, 1.165) is 64.9 Å². The molecule has 0 aliphatic carbocycles. The van der Waals surface area contributed by atoms with Gasteiger partial charge in [-0.1, -0.05) is 17.7 Å². The van der Waals surface area contributed by atoms with Crippen molar-refractivity contribution in [2.75, 3.05) is 45.2 Å². The number of aryl methyl sites for hydroxylation is 1. The second kappa shape index (κ2) is 9.21. The van der Waals surface area contributed by atoms with E-state index in [2.05, 4.69) is 32.9 Å². The van der Waals surface area contributed by atoms with Crippen molar-refractivity contribution in [3.63, 3.8) is 0 Å². The van der Waals surface area contributed by atoms with Crippen LogP contribution in [0.15, 0.2) is 65.8 Å². The summed E-state index contributed by atoms with van der Waals surface area (Å²) in [5.74, 6) is 0.678. The zero-order chi connectivity index (χ0) is 25.7. The summed E-state index contributed by atoms with van der Waals surface area (Å²) in [5.41, 5.74) is 5.70. The summed E-state index contributed by atoms with van der Waals surface area (Å²) in [6.07, 6.45) is 5.21. The molecule has 0 amide bonds. The Labute approximate surface area is 219 Å². The molecule has 1 aliphatic heterocycles. The lowest BCUT2D eigenvalue weighted by molar-refractivity contribution is 0.313. The summed E-state index contributed by atoms with van der Waals surface area (Å²) in [4.78, 5) is 27.1. The Morgan fingerprint density at radius 2 is 1.73 bits per heavy atom. The Morgan fingerprint density at radius 1 is 0.919 bits per heavy atom. The second-order valence-electron chi connectivity index (χ2n) is 9.44. The van der Waals surface area contributed by atoms with E-state index in [1.54, 1.807) is 41.9 Å². The number of anilines is 1. The number of pyridine rings is 2. The van der Waals surface area contributed by atoms with Crippen LogP contribution >= 0.6 is 11.6 Å². The topological polar surface area (TPSA) is 68.4 Å². The van der Waals surface area contributed by atoms with E-state index in [0.29, 0.717) is 16.5 Å². The number of ether oxygens (including phenoxy) is 1. The van der Waals surface area contributed by atoms with Gasteiger partial charge in [0.25, 0.3) is 0 Å². The molecule has 0 N–H and O–H groups in total. The quantitative estimate of drug-likeness (QED) is 0.355. The zero-order valence-corrected chi connectivity index (χ0v) is 21.7. The van der Waals surface area contributed by atoms with Gasteiger partial charge in [-0.25, -0.2) is 4.79 Å². The summed E-state index contributed by atoms with van der Waals surface area (Å²) in [5, 5.41) is 1.39. The molecule has 3 aromatic heterocycles. The summed E-state index contributed by atoms with van der Waals surface area (Å²) in [7, 11) is 5.52. The number of hydrogen-bond donors (Lipinski definition) is 0. The van der Waals surface area contributed by atoms with Gasteiger partial charge in [-0.3, -0.25) is 19.1 Å². The Morgan fingerprint density at radius 3 is 2.49 bits per heavy atom. The highest BCUT2D eigenvalue weighted by molar-refractivity contribution is 6.32. The number of halogens is 1. The predicted molar refractivity (Wildman–Crippen MR) is 148 cm³/mol. The third kappa shape index (κ3) is 4.02. The first-order valence-corrected chi connectivity index (χ1v) is 12.6. The Hall–Kier alpha value is -3.88. The largest absolute Gasteiger partial charge is 0.495 e. The first kappa shape index (κ1) is 23.5. The number of aromatic nitrogens is 4. The van der Waals surface area contributed by atoms with Crippen molar-refractivity contribution < 1.29 is 4.74 Å². The molecule has 2 aromatic carbocycles. The van der Waals surface area contributed by atoms with E-state index in [-0.39, 0.29) is 5.69 Å². The maximum atomic E-state index is 13.5. The van der Waals surface area contributed by atoms with Gasteiger partial charge in [-0.15, -0.1) is 0 Å². The van der Waals surface area contributed by atoms with E-state index in [1.165, 1.54) is 0 Å². The smallest absolute Gasteiger partial charge is 0.333 e. The fraction of sp³-hybridized carbons (Fsp3) is 0.250. The molecule has 0 saturated carbocycles. The van der Waals surface area contributed by atoms with E-state index in [1.807, 2.05) is 36.4 Å². The molecule has 37 heavy (non-hydrogen) atoms. The van der Waals surface area contributed by atoms with Gasteiger partial charge in [-0.05, 0) is 49.0 Å². The minimum atomic E-state index is -0.174. The monoisotopic (exact) mass is 514 g/mol. The van der Waals surface area contributed by atoms with Crippen molar-refractivity contribution in [3.8, 4) is 22.6 Å². The first-order valence-electron chi connectivity index (χ1n) is 12.2. The fourth-order valence-corrected chi connectivity index (χ4v) is 5.29. The van der Waals surface area contributed by atoms with Crippen LogP contribution < -0.4 is 15.3 Å². The minimum Gasteiger partial charge on any atom is -0.495 e. The van der Waals surface area contributed by atoms with Crippen molar-refractivity contribution in [1.82, 2.24) is 24.0 Å². The Kier molecular flexibility index (Phi) is 5.85. The highest BCUT2D eigenvalue weighted by atomic mass is 35.5. The number of fused-ring (bicyclic) bond motifs is 3. The molecule has 0 spiro atoms. The van der Waals surface area contributed by atoms with Crippen molar-refractivity contribution in [3.05, 3.63) is 76.6 Å². The lowest BCUT2D eigenvalue weighted by Crippen LogP contribution is -2.44. The molecule has 0 bridgehead atoms. The van der Waals surface area contributed by atoms with E-state index < -0.39 is 0 Å². The number of piperazine rings is 1. The third-order valence-corrected chi connectivity index (χ3v) is 7.51. The standard InChI is InChI=1S/C28H27ClN6O2/c1-32-8-10-34(11-9-32)20-5-7-25(23(29)14-20)35-27-22-13-18(19-12-21(37-3)16-30-15-19)4-6-24(22)31-17-26(27)33(2)28(35)36/h4-7,12-17H,8-11H2,1-3H3. The molecule has 4 heterocycles. The van der Waals surface area contributed by atoms with Gasteiger partial charge in [0, 0.05) is 56.1 Å². The summed E-state index contributed by atoms with van der Waals surface area (Å²) in [6.45, 7) is 3.90. The molecule has 6 rings (SSSR count). The summed E-state index contributed by atoms with van der Waals surface area (Å²) in [6, 6.07) is 13.9. The maximum absolute atomic E-state index is 13.5. The van der Waals surface area contributed by atoms with Crippen LogP contribution in [0, 0.1) is 0 Å². The highest BCUT2D eigenvalue weighted by Crippen LogP contribution is 2.33. The van der Waals surface area contributed by atoms with Crippen LogP contribution in [0.5, 0.6) is 5.75 Å². The Bertz CT molecular complexity index is 1700. The second-order valence-corrected chi connectivity index (χ2v) is 9.85. The number of imidazole rings is 1. The number of benzene rings is 2. The van der Waals surface area contributed by atoms with Crippen LogP contribution in [0.2, 0.25) is 5.02 Å². The predicted octanol–water partition coefficient (Wildman–Crippen LogP) is 4.35. The zero-order valence-electron chi connectivity index (χ0n) is 21.0. The average molecular weight is 515 g/mol. The number of rotatable bonds is 4. The summed E-state index contributed by atoms with van der Waals surface area (Å²) < 4.78 is 8.67. The SMILES string of the molecule is COc1cncc(-c2ccc3ncc4c(c3c2)n(-c2ccc(N3CCN(C)CC3)cc2Cl)c(=O)n4C)c1. The Balaban J connectivity index is 1.53. The number of hydrogen-bond acceptors (Lipinski definition) is 6. The van der Waals surface area contributed by atoms with Gasteiger partial charge in [0.15, 0.2) is 0 Å². The minimum absolute atomic E-state index is 0.174. The molecule has 9 heteroatoms. The molecule has 0 atom stereocenters. The number of likely N-dealkylation sites (N-methyl/N-ethyl adjacent to an activating group) is 1. The normalized spacial score (nSPS) is 14.5.